The maximum absolute atomic E-state index is 15.0. The topological polar surface area (TPSA) is 64.3 Å². The van der Waals surface area contributed by atoms with Crippen LogP contribution in [0.3, 0.4) is 0 Å². The number of fused-ring (bicyclic) bond motifs is 1. The molecular formula is C39H35F2N3O3S. The third-order valence-electron chi connectivity index (χ3n) is 8.83. The van der Waals surface area contributed by atoms with Crippen molar-refractivity contribution in [1.82, 2.24) is 14.0 Å². The lowest BCUT2D eigenvalue weighted by atomic mass is 10.0. The van der Waals surface area contributed by atoms with Gasteiger partial charge in [-0.15, -0.1) is 11.3 Å². The summed E-state index contributed by atoms with van der Waals surface area (Å²) >= 11 is 1.25. The summed E-state index contributed by atoms with van der Waals surface area (Å²) in [7, 11) is 1.98. The summed E-state index contributed by atoms with van der Waals surface area (Å²) in [6.45, 7) is 3.86. The lowest BCUT2D eigenvalue weighted by Gasteiger charge is -2.25. The highest BCUT2D eigenvalue weighted by Gasteiger charge is 2.26. The Balaban J connectivity index is 1.62. The van der Waals surface area contributed by atoms with E-state index in [0.717, 1.165) is 38.3 Å². The summed E-state index contributed by atoms with van der Waals surface area (Å²) in [5.41, 5.74) is 2.37. The van der Waals surface area contributed by atoms with Crippen molar-refractivity contribution in [1.29, 1.82) is 0 Å². The zero-order valence-corrected chi connectivity index (χ0v) is 27.8. The van der Waals surface area contributed by atoms with Crippen molar-refractivity contribution in [2.45, 2.75) is 45.8 Å². The van der Waals surface area contributed by atoms with Crippen molar-refractivity contribution < 1.29 is 13.6 Å². The molecule has 0 bridgehead atoms. The van der Waals surface area contributed by atoms with E-state index >= 15 is 8.78 Å². The standard InChI is InChI=1S/C39H35F2N3O3S/c1-4-30(45)22-26-18-20-28(21-19-26)36-32(23-42(3)25(2)27-12-7-5-8-13-27)35-37(46)44(29-14-9-6-10-15-29)39(47)43(38(35)48-36)24-31-33(40)16-11-17-34(31)41/h5-21,25H,4,22-24H2,1-3H3/t25-/m0/s1. The van der Waals surface area contributed by atoms with E-state index in [1.807, 2.05) is 68.6 Å². The van der Waals surface area contributed by atoms with Gasteiger partial charge in [0, 0.05) is 35.9 Å². The van der Waals surface area contributed by atoms with Gasteiger partial charge in [-0.25, -0.2) is 18.1 Å². The number of carbonyl (C=O) groups is 1. The number of hydrogen-bond donors (Lipinski definition) is 0. The lowest BCUT2D eigenvalue weighted by Crippen LogP contribution is -2.39. The largest absolute Gasteiger partial charge is 0.337 e. The molecule has 0 unspecified atom stereocenters. The van der Waals surface area contributed by atoms with Crippen molar-refractivity contribution in [3.63, 3.8) is 0 Å². The summed E-state index contributed by atoms with van der Waals surface area (Å²) in [6, 6.07) is 29.8. The fourth-order valence-electron chi connectivity index (χ4n) is 5.94. The average Bonchev–Trinajstić information content (AvgIpc) is 3.47. The van der Waals surface area contributed by atoms with Gasteiger partial charge in [-0.3, -0.25) is 19.1 Å². The number of thiophene rings is 1. The molecule has 2 aromatic heterocycles. The van der Waals surface area contributed by atoms with Gasteiger partial charge in [-0.2, -0.15) is 0 Å². The molecule has 0 aliphatic heterocycles. The minimum absolute atomic E-state index is 0.0220. The van der Waals surface area contributed by atoms with Crippen molar-refractivity contribution in [2.75, 3.05) is 7.05 Å². The smallest absolute Gasteiger partial charge is 0.299 e. The van der Waals surface area contributed by atoms with Gasteiger partial charge < -0.3 is 0 Å². The van der Waals surface area contributed by atoms with Gasteiger partial charge in [0.1, 0.15) is 22.2 Å². The molecule has 48 heavy (non-hydrogen) atoms. The predicted molar refractivity (Wildman–Crippen MR) is 188 cm³/mol. The number of para-hydroxylation sites is 1. The van der Waals surface area contributed by atoms with Gasteiger partial charge in [-0.05, 0) is 60.5 Å². The van der Waals surface area contributed by atoms with Crippen LogP contribution < -0.4 is 11.2 Å². The second-order valence-electron chi connectivity index (χ2n) is 11.9. The Hall–Kier alpha value is -4.99. The molecule has 0 aliphatic rings. The first kappa shape index (κ1) is 32.9. The van der Waals surface area contributed by atoms with Crippen LogP contribution in [0.2, 0.25) is 0 Å². The number of Topliss-reactive ketones (excluding diaryl/α,β-unsaturated/α-hetero) is 1. The highest BCUT2D eigenvalue weighted by Crippen LogP contribution is 2.39. The van der Waals surface area contributed by atoms with E-state index < -0.39 is 29.4 Å². The van der Waals surface area contributed by atoms with E-state index in [2.05, 4.69) is 11.8 Å². The molecule has 0 fully saturated rings. The minimum atomic E-state index is -0.779. The van der Waals surface area contributed by atoms with Crippen molar-refractivity contribution in [3.8, 4) is 16.1 Å². The molecule has 4 aromatic carbocycles. The van der Waals surface area contributed by atoms with E-state index in [-0.39, 0.29) is 17.4 Å². The van der Waals surface area contributed by atoms with Gasteiger partial charge in [-0.1, -0.05) is 85.8 Å². The summed E-state index contributed by atoms with van der Waals surface area (Å²) in [5, 5.41) is 0.313. The van der Waals surface area contributed by atoms with Gasteiger partial charge in [0.05, 0.1) is 17.6 Å². The van der Waals surface area contributed by atoms with Crippen LogP contribution in [0.15, 0.2) is 113 Å². The third kappa shape index (κ3) is 6.43. The van der Waals surface area contributed by atoms with Crippen LogP contribution in [0.25, 0.3) is 26.3 Å². The number of aromatic nitrogens is 2. The van der Waals surface area contributed by atoms with Crippen LogP contribution in [0.1, 0.15) is 48.6 Å². The summed E-state index contributed by atoms with van der Waals surface area (Å²) in [5.74, 6) is -1.43. The first-order valence-electron chi connectivity index (χ1n) is 15.8. The van der Waals surface area contributed by atoms with Crippen LogP contribution >= 0.6 is 11.3 Å². The second kappa shape index (κ2) is 14.0. The van der Waals surface area contributed by atoms with Crippen LogP contribution in [-0.2, 0) is 24.3 Å². The number of halogens is 2. The maximum atomic E-state index is 15.0. The Morgan fingerprint density at radius 3 is 2.08 bits per heavy atom. The molecule has 0 saturated carbocycles. The second-order valence-corrected chi connectivity index (χ2v) is 12.9. The predicted octanol–water partition coefficient (Wildman–Crippen LogP) is 7.92. The van der Waals surface area contributed by atoms with Crippen LogP contribution in [0.4, 0.5) is 8.78 Å². The Morgan fingerprint density at radius 2 is 1.46 bits per heavy atom. The number of ketones is 1. The molecule has 1 atom stereocenters. The molecule has 9 heteroatoms. The molecule has 0 radical (unpaired) electrons. The quantitative estimate of drug-likeness (QED) is 0.141. The summed E-state index contributed by atoms with van der Waals surface area (Å²) in [4.78, 5) is 44.1. The molecule has 0 N–H and O–H groups in total. The molecule has 2 heterocycles. The van der Waals surface area contributed by atoms with Gasteiger partial charge >= 0.3 is 5.69 Å². The number of nitrogens with zero attached hydrogens (tertiary/aromatic N) is 3. The number of hydrogen-bond acceptors (Lipinski definition) is 5. The SMILES string of the molecule is CCC(=O)Cc1ccc(-c2sc3c(c2CN(C)[C@@H](C)c2ccccc2)c(=O)n(-c2ccccc2)c(=O)n3Cc2c(F)cccc2F)cc1. The van der Waals surface area contributed by atoms with E-state index in [1.54, 1.807) is 30.3 Å². The molecular weight excluding hydrogens is 629 g/mol. The van der Waals surface area contributed by atoms with Crippen molar-refractivity contribution in [2.24, 2.45) is 0 Å². The molecule has 0 spiro atoms. The Bertz CT molecular complexity index is 2190. The lowest BCUT2D eigenvalue weighted by molar-refractivity contribution is -0.118. The normalized spacial score (nSPS) is 12.1. The van der Waals surface area contributed by atoms with Gasteiger partial charge in [0.2, 0.25) is 0 Å². The Kier molecular flexibility index (Phi) is 9.61. The highest BCUT2D eigenvalue weighted by molar-refractivity contribution is 7.22. The van der Waals surface area contributed by atoms with E-state index in [4.69, 9.17) is 0 Å². The zero-order chi connectivity index (χ0) is 33.9. The van der Waals surface area contributed by atoms with Crippen LogP contribution in [0.5, 0.6) is 0 Å². The van der Waals surface area contributed by atoms with E-state index in [0.29, 0.717) is 40.9 Å². The van der Waals surface area contributed by atoms with E-state index in [1.165, 1.54) is 22.0 Å². The van der Waals surface area contributed by atoms with Gasteiger partial charge in [0.15, 0.2) is 0 Å². The third-order valence-corrected chi connectivity index (χ3v) is 10.1. The molecule has 6 aromatic rings. The molecule has 244 valence electrons. The Labute approximate surface area is 281 Å². The zero-order valence-electron chi connectivity index (χ0n) is 27.0. The van der Waals surface area contributed by atoms with Crippen LogP contribution in [-0.4, -0.2) is 26.9 Å². The van der Waals surface area contributed by atoms with Gasteiger partial charge in [0.25, 0.3) is 5.56 Å². The first-order chi connectivity index (χ1) is 23.2. The fraction of sp³-hybridized carbons (Fsp3) is 0.205. The minimum Gasteiger partial charge on any atom is -0.299 e. The number of rotatable bonds is 11. The Morgan fingerprint density at radius 1 is 0.833 bits per heavy atom. The first-order valence-corrected chi connectivity index (χ1v) is 16.6. The van der Waals surface area contributed by atoms with Crippen molar-refractivity contribution in [3.05, 3.63) is 158 Å². The molecule has 6 nitrogen and oxygen atoms in total. The monoisotopic (exact) mass is 663 g/mol. The molecule has 0 saturated heterocycles. The molecule has 0 aliphatic carbocycles. The van der Waals surface area contributed by atoms with Crippen molar-refractivity contribution >= 4 is 27.3 Å². The molecule has 6 rings (SSSR count). The fourth-order valence-corrected chi connectivity index (χ4v) is 7.24. The highest BCUT2D eigenvalue weighted by atomic mass is 32.1. The van der Waals surface area contributed by atoms with Crippen LogP contribution in [0, 0.1) is 11.6 Å². The number of carbonyl (C=O) groups excluding carboxylic acids is 1. The molecule has 0 amide bonds. The summed E-state index contributed by atoms with van der Waals surface area (Å²) in [6.07, 6.45) is 0.769. The van der Waals surface area contributed by atoms with E-state index in [9.17, 15) is 14.4 Å². The average molecular weight is 664 g/mol. The summed E-state index contributed by atoms with van der Waals surface area (Å²) < 4.78 is 32.5. The number of benzene rings is 4. The maximum Gasteiger partial charge on any atom is 0.337 e.